The molecule has 2 aliphatic carbocycles. The highest BCUT2D eigenvalue weighted by Crippen LogP contribution is 2.68. The number of anilines is 2. The number of aromatic nitrogens is 2. The number of nitrogens with zero attached hydrogens (tertiary/aromatic N) is 1. The van der Waals surface area contributed by atoms with Gasteiger partial charge in [0.2, 0.25) is 0 Å². The Morgan fingerprint density at radius 1 is 1.05 bits per heavy atom. The van der Waals surface area contributed by atoms with Gasteiger partial charge in [0.25, 0.3) is 11.8 Å². The summed E-state index contributed by atoms with van der Waals surface area (Å²) >= 11 is 1.51. The van der Waals surface area contributed by atoms with Crippen LogP contribution in [0.4, 0.5) is 11.4 Å². The monoisotopic (exact) mass is 533 g/mol. The molecule has 192 valence electrons. The first-order valence-electron chi connectivity index (χ1n) is 12.8. The number of hydrogen-bond donors (Lipinski definition) is 4. The quantitative estimate of drug-likeness (QED) is 0.234. The van der Waals surface area contributed by atoms with E-state index in [9.17, 15) is 14.4 Å². The highest BCUT2D eigenvalue weighted by Gasteiger charge is 2.68. The van der Waals surface area contributed by atoms with Crippen LogP contribution in [-0.2, 0) is 5.41 Å². The molecular weight excluding hydrogens is 510 g/mol. The number of hydrogen-bond acceptors (Lipinski definition) is 5. The molecule has 1 saturated carbocycles. The van der Waals surface area contributed by atoms with Crippen molar-refractivity contribution in [2.24, 2.45) is 5.92 Å². The molecule has 39 heavy (non-hydrogen) atoms. The van der Waals surface area contributed by atoms with Crippen LogP contribution in [0.5, 0.6) is 0 Å². The number of rotatable bonds is 3. The second-order valence-electron chi connectivity index (χ2n) is 10.8. The SMILES string of the molecule is Cc1csc2c1[C@]13C[C@H]1CN(C(=O)c1cc4cc(NC(=O)c5cc6cc(N)ccc6[nH]5)ccc4[nH]1)C3=CC2=O. The van der Waals surface area contributed by atoms with Gasteiger partial charge in [-0.3, -0.25) is 14.4 Å². The summed E-state index contributed by atoms with van der Waals surface area (Å²) < 4.78 is 0. The zero-order chi connectivity index (χ0) is 26.6. The molecule has 2 amide bonds. The third kappa shape index (κ3) is 3.07. The van der Waals surface area contributed by atoms with E-state index in [0.717, 1.165) is 49.9 Å². The van der Waals surface area contributed by atoms with Gasteiger partial charge in [-0.05, 0) is 84.3 Å². The fourth-order valence-electron chi connectivity index (χ4n) is 6.57. The van der Waals surface area contributed by atoms with Crippen molar-refractivity contribution in [1.82, 2.24) is 14.9 Å². The molecule has 1 aliphatic heterocycles. The molecule has 0 unspecified atom stereocenters. The van der Waals surface area contributed by atoms with Crippen molar-refractivity contribution in [3.05, 3.63) is 93.1 Å². The first-order valence-corrected chi connectivity index (χ1v) is 13.7. The number of thiophene rings is 1. The number of H-pyrrole nitrogens is 2. The zero-order valence-electron chi connectivity index (χ0n) is 20.9. The molecule has 2 atom stereocenters. The molecule has 0 radical (unpaired) electrons. The summed E-state index contributed by atoms with van der Waals surface area (Å²) in [5.41, 5.74) is 12.5. The second kappa shape index (κ2) is 7.48. The number of nitrogens with one attached hydrogen (secondary N) is 3. The topological polar surface area (TPSA) is 124 Å². The molecule has 8 rings (SSSR count). The number of carbonyl (C=O) groups is 3. The summed E-state index contributed by atoms with van der Waals surface area (Å²) in [4.78, 5) is 48.4. The standard InChI is InChI=1S/C30H23N5O3S/c1-14-13-39-27-24(36)10-25-30(26(14)27)11-17(30)12-35(25)29(38)23-9-16-7-19(3-5-21(16)34-23)32-28(37)22-8-15-6-18(31)2-4-20(15)33-22/h2-10,13,17,33-34H,11-12,31H2,1H3,(H,32,37)/t17-,30+/m0/s1. The smallest absolute Gasteiger partial charge is 0.274 e. The lowest BCUT2D eigenvalue weighted by Crippen LogP contribution is -2.33. The van der Waals surface area contributed by atoms with Gasteiger partial charge >= 0.3 is 0 Å². The van der Waals surface area contributed by atoms with E-state index in [-0.39, 0.29) is 23.0 Å². The van der Waals surface area contributed by atoms with E-state index in [1.807, 2.05) is 30.3 Å². The van der Waals surface area contributed by atoms with E-state index in [0.29, 0.717) is 35.2 Å². The number of fused-ring (bicyclic) bond motifs is 3. The van der Waals surface area contributed by atoms with Gasteiger partial charge in [0.05, 0.1) is 4.88 Å². The first kappa shape index (κ1) is 22.4. The second-order valence-corrected chi connectivity index (χ2v) is 11.7. The fraction of sp³-hybridized carbons (Fsp3) is 0.167. The van der Waals surface area contributed by atoms with E-state index in [4.69, 9.17) is 5.73 Å². The van der Waals surface area contributed by atoms with Gasteiger partial charge in [0, 0.05) is 56.9 Å². The Morgan fingerprint density at radius 3 is 2.64 bits per heavy atom. The Hall–Kier alpha value is -4.63. The average molecular weight is 534 g/mol. The molecular formula is C30H23N5O3S. The maximum Gasteiger partial charge on any atom is 0.274 e. The Morgan fingerprint density at radius 2 is 1.79 bits per heavy atom. The van der Waals surface area contributed by atoms with Gasteiger partial charge in [-0.1, -0.05) is 0 Å². The lowest BCUT2D eigenvalue weighted by molar-refractivity contribution is 0.0806. The molecule has 1 saturated heterocycles. The molecule has 3 aromatic heterocycles. The van der Waals surface area contributed by atoms with Crippen molar-refractivity contribution in [2.45, 2.75) is 18.8 Å². The normalized spacial score (nSPS) is 21.1. The van der Waals surface area contributed by atoms with Crippen LogP contribution >= 0.6 is 11.3 Å². The summed E-state index contributed by atoms with van der Waals surface area (Å²) in [6, 6.07) is 14.5. The number of benzene rings is 2. The highest BCUT2D eigenvalue weighted by molar-refractivity contribution is 7.12. The van der Waals surface area contributed by atoms with Crippen LogP contribution in [0.25, 0.3) is 21.8 Å². The minimum atomic E-state index is -0.269. The van der Waals surface area contributed by atoms with Crippen LogP contribution in [0.1, 0.15) is 48.2 Å². The number of likely N-dealkylation sites (tertiary alicyclic amines) is 1. The van der Waals surface area contributed by atoms with Crippen LogP contribution < -0.4 is 11.1 Å². The van der Waals surface area contributed by atoms with E-state index >= 15 is 0 Å². The maximum atomic E-state index is 13.7. The van der Waals surface area contributed by atoms with Crippen LogP contribution in [0.3, 0.4) is 0 Å². The predicted octanol–water partition coefficient (Wildman–Crippen LogP) is 5.35. The number of carbonyl (C=O) groups excluding carboxylic acids is 3. The van der Waals surface area contributed by atoms with E-state index < -0.39 is 0 Å². The summed E-state index contributed by atoms with van der Waals surface area (Å²) in [5, 5.41) is 6.66. The number of amides is 2. The number of nitrogens with two attached hydrogens (primary N) is 1. The first-order chi connectivity index (χ1) is 18.8. The number of allylic oxidation sites excluding steroid dienone is 2. The van der Waals surface area contributed by atoms with Crippen molar-refractivity contribution in [2.75, 3.05) is 17.6 Å². The molecule has 2 fully saturated rings. The van der Waals surface area contributed by atoms with Crippen molar-refractivity contribution in [3.63, 3.8) is 0 Å². The lowest BCUT2D eigenvalue weighted by Gasteiger charge is -2.28. The van der Waals surface area contributed by atoms with Crippen LogP contribution in [0.2, 0.25) is 0 Å². The van der Waals surface area contributed by atoms with Gasteiger partial charge in [-0.15, -0.1) is 11.3 Å². The van der Waals surface area contributed by atoms with Crippen molar-refractivity contribution in [1.29, 1.82) is 0 Å². The maximum absolute atomic E-state index is 13.7. The third-order valence-electron chi connectivity index (χ3n) is 8.41. The van der Waals surface area contributed by atoms with Gasteiger partial charge in [-0.2, -0.15) is 0 Å². The van der Waals surface area contributed by atoms with Crippen LogP contribution in [0, 0.1) is 12.8 Å². The Kier molecular flexibility index (Phi) is 4.29. The molecule has 5 aromatic rings. The molecule has 5 N–H and O–H groups in total. The molecule has 1 spiro atoms. The van der Waals surface area contributed by atoms with Gasteiger partial charge in [0.1, 0.15) is 11.4 Å². The largest absolute Gasteiger partial charge is 0.399 e. The molecule has 8 nitrogen and oxygen atoms in total. The van der Waals surface area contributed by atoms with Gasteiger partial charge in [-0.25, -0.2) is 0 Å². The van der Waals surface area contributed by atoms with Crippen molar-refractivity contribution >= 4 is 62.1 Å². The summed E-state index contributed by atoms with van der Waals surface area (Å²) in [5.74, 6) is -0.0738. The molecule has 3 aliphatic rings. The minimum absolute atomic E-state index is 0.00969. The summed E-state index contributed by atoms with van der Waals surface area (Å²) in [7, 11) is 0. The average Bonchev–Trinajstić information content (AvgIpc) is 3.36. The van der Waals surface area contributed by atoms with Crippen LogP contribution in [-0.4, -0.2) is 39.0 Å². The van der Waals surface area contributed by atoms with E-state index in [1.54, 1.807) is 29.2 Å². The highest BCUT2D eigenvalue weighted by atomic mass is 32.1. The third-order valence-corrected chi connectivity index (χ3v) is 9.52. The van der Waals surface area contributed by atoms with Crippen molar-refractivity contribution in [3.8, 4) is 0 Å². The number of piperidine rings is 1. The molecule has 0 bridgehead atoms. The van der Waals surface area contributed by atoms with Gasteiger partial charge < -0.3 is 25.9 Å². The fourth-order valence-corrected chi connectivity index (χ4v) is 7.62. The Labute approximate surface area is 226 Å². The number of ketones is 1. The minimum Gasteiger partial charge on any atom is -0.399 e. The Balaban J connectivity index is 1.06. The molecule has 4 heterocycles. The van der Waals surface area contributed by atoms with Crippen molar-refractivity contribution < 1.29 is 14.4 Å². The van der Waals surface area contributed by atoms with E-state index in [1.165, 1.54) is 11.3 Å². The summed E-state index contributed by atoms with van der Waals surface area (Å²) in [6.45, 7) is 2.67. The number of aryl methyl sites for hydroxylation is 1. The molecule has 2 aromatic carbocycles. The zero-order valence-corrected chi connectivity index (χ0v) is 21.7. The predicted molar refractivity (Wildman–Crippen MR) is 151 cm³/mol. The summed E-state index contributed by atoms with van der Waals surface area (Å²) in [6.07, 6.45) is 2.66. The van der Waals surface area contributed by atoms with Crippen LogP contribution in [0.15, 0.2) is 65.7 Å². The Bertz CT molecular complexity index is 1960. The number of nitrogen functional groups attached to an aromatic ring is 1. The number of aromatic amines is 2. The lowest BCUT2D eigenvalue weighted by atomic mass is 9.84. The molecule has 9 heteroatoms. The van der Waals surface area contributed by atoms with E-state index in [2.05, 4.69) is 27.6 Å². The van der Waals surface area contributed by atoms with Gasteiger partial charge in [0.15, 0.2) is 5.78 Å².